The number of amides is 1. The molecule has 0 saturated carbocycles. The molecule has 1 amide bonds. The maximum absolute atomic E-state index is 13.6. The number of halogens is 2. The molecule has 0 aliphatic heterocycles. The Kier molecular flexibility index (Phi) is 6.62. The molecule has 0 aliphatic carbocycles. The lowest BCUT2D eigenvalue weighted by Gasteiger charge is -2.22. The van der Waals surface area contributed by atoms with Crippen LogP contribution in [0.1, 0.15) is 12.0 Å². The first-order chi connectivity index (χ1) is 8.97. The van der Waals surface area contributed by atoms with Crippen molar-refractivity contribution < 1.29 is 9.18 Å². The summed E-state index contributed by atoms with van der Waals surface area (Å²) >= 11 is 7.57. The topological polar surface area (TPSA) is 46.3 Å². The third-order valence-corrected chi connectivity index (χ3v) is 3.78. The first-order valence-corrected chi connectivity index (χ1v) is 7.67. The monoisotopic (exact) mass is 304 g/mol. The lowest BCUT2D eigenvalue weighted by atomic mass is 10.1. The van der Waals surface area contributed by atoms with Gasteiger partial charge in [0, 0.05) is 24.2 Å². The van der Waals surface area contributed by atoms with Gasteiger partial charge in [0.25, 0.3) is 0 Å². The molecule has 1 atom stereocenters. The number of benzene rings is 1. The van der Waals surface area contributed by atoms with Crippen LogP contribution in [0.5, 0.6) is 0 Å². The van der Waals surface area contributed by atoms with Gasteiger partial charge < -0.3 is 10.6 Å². The van der Waals surface area contributed by atoms with Crippen LogP contribution in [0.15, 0.2) is 18.2 Å². The quantitative estimate of drug-likeness (QED) is 0.878. The second-order valence-electron chi connectivity index (χ2n) is 4.28. The second kappa shape index (κ2) is 7.72. The fourth-order valence-electron chi connectivity index (χ4n) is 1.65. The molecule has 106 valence electrons. The third-order valence-electron chi connectivity index (χ3n) is 2.78. The standard InChI is InChI=1S/C13H18ClFN2OS/c1-17(13(18)12(16)6-7-19-2)8-9-10(14)4-3-5-11(9)15/h3-5,12H,6-8,16H2,1-2H3/t12-/m1/s1. The van der Waals surface area contributed by atoms with Gasteiger partial charge in [0.05, 0.1) is 6.04 Å². The normalized spacial score (nSPS) is 12.3. The summed E-state index contributed by atoms with van der Waals surface area (Å²) < 4.78 is 13.6. The van der Waals surface area contributed by atoms with E-state index in [9.17, 15) is 9.18 Å². The van der Waals surface area contributed by atoms with Crippen LogP contribution in [0, 0.1) is 5.82 Å². The SMILES string of the molecule is CSCC[C@@H](N)C(=O)N(C)Cc1c(F)cccc1Cl. The van der Waals surface area contributed by atoms with Crippen LogP contribution in [0.3, 0.4) is 0 Å². The van der Waals surface area contributed by atoms with Crippen molar-refractivity contribution in [1.82, 2.24) is 4.90 Å². The average molecular weight is 305 g/mol. The van der Waals surface area contributed by atoms with Crippen LogP contribution in [-0.4, -0.2) is 35.9 Å². The zero-order valence-corrected chi connectivity index (χ0v) is 12.6. The fourth-order valence-corrected chi connectivity index (χ4v) is 2.36. The number of nitrogens with zero attached hydrogens (tertiary/aromatic N) is 1. The number of nitrogens with two attached hydrogens (primary N) is 1. The van der Waals surface area contributed by atoms with E-state index in [2.05, 4.69) is 0 Å². The molecule has 0 unspecified atom stereocenters. The van der Waals surface area contributed by atoms with Gasteiger partial charge in [-0.05, 0) is 30.6 Å². The van der Waals surface area contributed by atoms with Gasteiger partial charge in [-0.1, -0.05) is 17.7 Å². The van der Waals surface area contributed by atoms with Gasteiger partial charge >= 0.3 is 0 Å². The molecule has 0 spiro atoms. The van der Waals surface area contributed by atoms with Crippen molar-refractivity contribution in [3.05, 3.63) is 34.6 Å². The number of hydrogen-bond acceptors (Lipinski definition) is 3. The molecule has 1 aromatic rings. The van der Waals surface area contributed by atoms with Gasteiger partial charge in [-0.2, -0.15) is 11.8 Å². The highest BCUT2D eigenvalue weighted by atomic mass is 35.5. The molecule has 0 bridgehead atoms. The van der Waals surface area contributed by atoms with Crippen LogP contribution in [0.25, 0.3) is 0 Å². The summed E-state index contributed by atoms with van der Waals surface area (Å²) in [6.07, 6.45) is 2.56. The minimum atomic E-state index is -0.553. The van der Waals surface area contributed by atoms with Gasteiger partial charge in [-0.25, -0.2) is 4.39 Å². The van der Waals surface area contributed by atoms with E-state index in [-0.39, 0.29) is 12.5 Å². The van der Waals surface area contributed by atoms with Crippen LogP contribution in [-0.2, 0) is 11.3 Å². The Morgan fingerprint density at radius 1 is 1.58 bits per heavy atom. The fraction of sp³-hybridized carbons (Fsp3) is 0.462. The molecule has 0 aromatic heterocycles. The van der Waals surface area contributed by atoms with Crippen molar-refractivity contribution in [2.75, 3.05) is 19.1 Å². The number of hydrogen-bond donors (Lipinski definition) is 1. The molecule has 0 aliphatic rings. The maximum atomic E-state index is 13.6. The van der Waals surface area contributed by atoms with Gasteiger partial charge in [0.1, 0.15) is 5.82 Å². The summed E-state index contributed by atoms with van der Waals surface area (Å²) in [6.45, 7) is 0.122. The Labute approximate surface area is 122 Å². The molecular weight excluding hydrogens is 287 g/mol. The van der Waals surface area contributed by atoms with Crippen molar-refractivity contribution in [1.29, 1.82) is 0 Å². The van der Waals surface area contributed by atoms with Gasteiger partial charge in [0.15, 0.2) is 0 Å². The van der Waals surface area contributed by atoms with Crippen LogP contribution in [0.4, 0.5) is 4.39 Å². The Morgan fingerprint density at radius 2 is 2.26 bits per heavy atom. The van der Waals surface area contributed by atoms with Crippen molar-refractivity contribution >= 4 is 29.3 Å². The molecule has 1 rings (SSSR count). The number of likely N-dealkylation sites (N-methyl/N-ethyl adjacent to an activating group) is 1. The summed E-state index contributed by atoms with van der Waals surface area (Å²) in [6, 6.07) is 3.91. The predicted octanol–water partition coefficient (Wildman–Crippen LogP) is 2.52. The lowest BCUT2D eigenvalue weighted by Crippen LogP contribution is -2.41. The maximum Gasteiger partial charge on any atom is 0.239 e. The first-order valence-electron chi connectivity index (χ1n) is 5.89. The second-order valence-corrected chi connectivity index (χ2v) is 5.68. The van der Waals surface area contributed by atoms with Crippen molar-refractivity contribution in [3.8, 4) is 0 Å². The first kappa shape index (κ1) is 16.3. The Bertz CT molecular complexity index is 424. The van der Waals surface area contributed by atoms with Crippen LogP contribution >= 0.6 is 23.4 Å². The molecule has 1 aromatic carbocycles. The van der Waals surface area contributed by atoms with Gasteiger partial charge in [0.2, 0.25) is 5.91 Å². The molecular formula is C13H18ClFN2OS. The molecule has 19 heavy (non-hydrogen) atoms. The van der Waals surface area contributed by atoms with E-state index in [0.29, 0.717) is 17.0 Å². The highest BCUT2D eigenvalue weighted by Crippen LogP contribution is 2.20. The van der Waals surface area contributed by atoms with Gasteiger partial charge in [-0.15, -0.1) is 0 Å². The van der Waals surface area contributed by atoms with Crippen molar-refractivity contribution in [2.24, 2.45) is 5.73 Å². The summed E-state index contributed by atoms with van der Waals surface area (Å²) in [5.74, 6) is 0.208. The molecule has 2 N–H and O–H groups in total. The van der Waals surface area contributed by atoms with E-state index in [1.165, 1.54) is 17.0 Å². The zero-order chi connectivity index (χ0) is 14.4. The van der Waals surface area contributed by atoms with E-state index in [1.807, 2.05) is 6.26 Å². The molecule has 0 heterocycles. The van der Waals surface area contributed by atoms with E-state index >= 15 is 0 Å². The molecule has 0 saturated heterocycles. The molecule has 3 nitrogen and oxygen atoms in total. The molecule has 0 radical (unpaired) electrons. The number of rotatable bonds is 6. The van der Waals surface area contributed by atoms with Gasteiger partial charge in [-0.3, -0.25) is 4.79 Å². The highest BCUT2D eigenvalue weighted by molar-refractivity contribution is 7.98. The summed E-state index contributed by atoms with van der Waals surface area (Å²) in [5.41, 5.74) is 6.12. The molecule has 6 heteroatoms. The van der Waals surface area contributed by atoms with Crippen LogP contribution in [0.2, 0.25) is 5.02 Å². The predicted molar refractivity (Wildman–Crippen MR) is 78.9 cm³/mol. The van der Waals surface area contributed by atoms with E-state index in [1.54, 1.807) is 24.9 Å². The highest BCUT2D eigenvalue weighted by Gasteiger charge is 2.19. The lowest BCUT2D eigenvalue weighted by molar-refractivity contribution is -0.131. The third kappa shape index (κ3) is 4.67. The Hall–Kier alpha value is -0.780. The Morgan fingerprint density at radius 3 is 2.84 bits per heavy atom. The number of carbonyl (C=O) groups excluding carboxylic acids is 1. The minimum Gasteiger partial charge on any atom is -0.340 e. The number of carbonyl (C=O) groups is 1. The largest absolute Gasteiger partial charge is 0.340 e. The smallest absolute Gasteiger partial charge is 0.239 e. The summed E-state index contributed by atoms with van der Waals surface area (Å²) in [4.78, 5) is 13.4. The van der Waals surface area contributed by atoms with E-state index in [4.69, 9.17) is 17.3 Å². The van der Waals surface area contributed by atoms with E-state index < -0.39 is 11.9 Å². The Balaban J connectivity index is 2.68. The average Bonchev–Trinajstić information content (AvgIpc) is 2.39. The van der Waals surface area contributed by atoms with Crippen molar-refractivity contribution in [2.45, 2.75) is 19.0 Å². The summed E-state index contributed by atoms with van der Waals surface area (Å²) in [5, 5.41) is 0.317. The van der Waals surface area contributed by atoms with Crippen LogP contribution < -0.4 is 5.73 Å². The van der Waals surface area contributed by atoms with Crippen molar-refractivity contribution in [3.63, 3.8) is 0 Å². The summed E-state index contributed by atoms with van der Waals surface area (Å²) in [7, 11) is 1.60. The zero-order valence-electron chi connectivity index (χ0n) is 11.0. The van der Waals surface area contributed by atoms with E-state index in [0.717, 1.165) is 5.75 Å². The minimum absolute atomic E-state index is 0.122. The number of thioether (sulfide) groups is 1. The molecule has 0 fully saturated rings.